The average Bonchev–Trinajstić information content (AvgIpc) is 2.60. The molecule has 0 spiro atoms. The van der Waals surface area contributed by atoms with Crippen molar-refractivity contribution >= 4 is 6.09 Å². The van der Waals surface area contributed by atoms with Crippen LogP contribution in [-0.2, 0) is 9.47 Å². The van der Waals surface area contributed by atoms with Crippen LogP contribution in [0.25, 0.3) is 0 Å². The standard InChI is InChI=1S/C14H26N2O4/c1-13(2,3)20-12(18)16-11-5-6-14(16,9-19-4)8-15-10(11)7-17/h10-11,15,17H,5-9H2,1-4H3/t10-,11+,14-/m1/s1. The number of carbonyl (C=O) groups is 1. The van der Waals surface area contributed by atoms with Gasteiger partial charge >= 0.3 is 6.09 Å². The Morgan fingerprint density at radius 3 is 2.75 bits per heavy atom. The predicted molar refractivity (Wildman–Crippen MR) is 74.6 cm³/mol. The summed E-state index contributed by atoms with van der Waals surface area (Å²) in [6, 6.07) is -0.117. The largest absolute Gasteiger partial charge is 0.444 e. The third-order valence-electron chi connectivity index (χ3n) is 4.11. The van der Waals surface area contributed by atoms with Gasteiger partial charge in [0.2, 0.25) is 0 Å². The number of hydrogen-bond donors (Lipinski definition) is 2. The molecule has 2 heterocycles. The summed E-state index contributed by atoms with van der Waals surface area (Å²) in [4.78, 5) is 14.4. The molecular weight excluding hydrogens is 260 g/mol. The Morgan fingerprint density at radius 2 is 2.20 bits per heavy atom. The van der Waals surface area contributed by atoms with Crippen LogP contribution in [0.2, 0.25) is 0 Å². The summed E-state index contributed by atoms with van der Waals surface area (Å²) in [5.74, 6) is 0. The monoisotopic (exact) mass is 286 g/mol. The summed E-state index contributed by atoms with van der Waals surface area (Å²) in [5, 5.41) is 12.8. The van der Waals surface area contributed by atoms with Crippen LogP contribution in [0, 0.1) is 0 Å². The SMILES string of the molecule is COC[C@@]12CC[C@@H]([C@@H](CO)NC1)N2C(=O)OC(C)(C)C. The first kappa shape index (κ1) is 15.5. The van der Waals surface area contributed by atoms with Crippen molar-refractivity contribution < 1.29 is 19.4 Å². The predicted octanol–water partition coefficient (Wildman–Crippen LogP) is 0.735. The van der Waals surface area contributed by atoms with Crippen LogP contribution < -0.4 is 5.32 Å². The van der Waals surface area contributed by atoms with Gasteiger partial charge in [-0.3, -0.25) is 4.90 Å². The van der Waals surface area contributed by atoms with Gasteiger partial charge in [0.05, 0.1) is 30.8 Å². The Kier molecular flexibility index (Phi) is 4.27. The number of fused-ring (bicyclic) bond motifs is 2. The molecule has 2 fully saturated rings. The van der Waals surface area contributed by atoms with Gasteiger partial charge in [0.1, 0.15) is 5.60 Å². The van der Waals surface area contributed by atoms with Crippen molar-refractivity contribution in [2.75, 3.05) is 26.9 Å². The number of aliphatic hydroxyl groups excluding tert-OH is 1. The Bertz CT molecular complexity index is 369. The van der Waals surface area contributed by atoms with E-state index >= 15 is 0 Å². The molecule has 6 heteroatoms. The number of piperazine rings is 1. The lowest BCUT2D eigenvalue weighted by Gasteiger charge is -2.47. The number of aliphatic hydroxyl groups is 1. The maximum absolute atomic E-state index is 12.6. The lowest BCUT2D eigenvalue weighted by Crippen LogP contribution is -2.68. The summed E-state index contributed by atoms with van der Waals surface area (Å²) in [6.07, 6.45) is 1.42. The molecule has 0 aromatic carbocycles. The summed E-state index contributed by atoms with van der Waals surface area (Å²) < 4.78 is 10.9. The molecule has 0 aromatic heterocycles. The molecule has 2 saturated heterocycles. The number of amides is 1. The fourth-order valence-corrected chi connectivity index (χ4v) is 3.32. The highest BCUT2D eigenvalue weighted by atomic mass is 16.6. The lowest BCUT2D eigenvalue weighted by atomic mass is 9.96. The van der Waals surface area contributed by atoms with Crippen molar-refractivity contribution in [3.8, 4) is 0 Å². The number of nitrogens with one attached hydrogen (secondary N) is 1. The minimum absolute atomic E-state index is 0.0209. The van der Waals surface area contributed by atoms with Crippen LogP contribution >= 0.6 is 0 Å². The van der Waals surface area contributed by atoms with Crippen molar-refractivity contribution in [2.45, 2.75) is 56.8 Å². The molecule has 3 atom stereocenters. The van der Waals surface area contributed by atoms with E-state index in [1.54, 1.807) is 12.0 Å². The molecule has 0 saturated carbocycles. The number of ether oxygens (including phenoxy) is 2. The first-order valence-corrected chi connectivity index (χ1v) is 7.18. The van der Waals surface area contributed by atoms with Gasteiger partial charge in [0, 0.05) is 13.7 Å². The van der Waals surface area contributed by atoms with Crippen LogP contribution in [0.5, 0.6) is 0 Å². The van der Waals surface area contributed by atoms with Gasteiger partial charge in [-0.1, -0.05) is 0 Å². The number of nitrogens with zero attached hydrogens (tertiary/aromatic N) is 1. The van der Waals surface area contributed by atoms with E-state index < -0.39 is 5.60 Å². The number of rotatable bonds is 3. The lowest BCUT2D eigenvalue weighted by molar-refractivity contribution is -0.0433. The van der Waals surface area contributed by atoms with E-state index in [2.05, 4.69) is 5.32 Å². The van der Waals surface area contributed by atoms with Crippen molar-refractivity contribution in [3.05, 3.63) is 0 Å². The van der Waals surface area contributed by atoms with E-state index in [4.69, 9.17) is 9.47 Å². The van der Waals surface area contributed by atoms with Crippen LogP contribution in [0.4, 0.5) is 4.79 Å². The zero-order valence-electron chi connectivity index (χ0n) is 12.8. The van der Waals surface area contributed by atoms with E-state index in [1.807, 2.05) is 20.8 Å². The fraction of sp³-hybridized carbons (Fsp3) is 0.929. The van der Waals surface area contributed by atoms with E-state index in [0.717, 1.165) is 12.8 Å². The summed E-state index contributed by atoms with van der Waals surface area (Å²) >= 11 is 0. The first-order valence-electron chi connectivity index (χ1n) is 7.18. The highest BCUT2D eigenvalue weighted by molar-refractivity contribution is 5.71. The molecule has 2 rings (SSSR count). The molecule has 2 aliphatic heterocycles. The molecule has 6 nitrogen and oxygen atoms in total. The van der Waals surface area contributed by atoms with E-state index in [-0.39, 0.29) is 30.3 Å². The van der Waals surface area contributed by atoms with Gasteiger partial charge < -0.3 is 19.9 Å². The number of methoxy groups -OCH3 is 1. The Labute approximate surface area is 120 Å². The highest BCUT2D eigenvalue weighted by Gasteiger charge is 2.55. The molecule has 2 bridgehead atoms. The molecule has 2 N–H and O–H groups in total. The van der Waals surface area contributed by atoms with Gasteiger partial charge in [0.25, 0.3) is 0 Å². The molecule has 0 aromatic rings. The van der Waals surface area contributed by atoms with Crippen molar-refractivity contribution in [2.24, 2.45) is 0 Å². The van der Waals surface area contributed by atoms with Gasteiger partial charge in [-0.2, -0.15) is 0 Å². The van der Waals surface area contributed by atoms with Gasteiger partial charge in [-0.05, 0) is 33.6 Å². The van der Waals surface area contributed by atoms with Crippen molar-refractivity contribution in [3.63, 3.8) is 0 Å². The van der Waals surface area contributed by atoms with Crippen LogP contribution in [0.15, 0.2) is 0 Å². The molecule has 20 heavy (non-hydrogen) atoms. The second-order valence-corrected chi connectivity index (χ2v) is 6.78. The molecule has 2 aliphatic rings. The molecule has 116 valence electrons. The van der Waals surface area contributed by atoms with Gasteiger partial charge in [-0.15, -0.1) is 0 Å². The second-order valence-electron chi connectivity index (χ2n) is 6.78. The van der Waals surface area contributed by atoms with Crippen LogP contribution in [0.3, 0.4) is 0 Å². The Hall–Kier alpha value is -0.850. The Balaban J connectivity index is 2.23. The highest BCUT2D eigenvalue weighted by Crippen LogP contribution is 2.39. The first-order chi connectivity index (χ1) is 9.33. The third kappa shape index (κ3) is 2.77. The van der Waals surface area contributed by atoms with Gasteiger partial charge in [0.15, 0.2) is 0 Å². The minimum Gasteiger partial charge on any atom is -0.444 e. The average molecular weight is 286 g/mol. The zero-order valence-corrected chi connectivity index (χ0v) is 12.8. The third-order valence-corrected chi connectivity index (χ3v) is 4.11. The van der Waals surface area contributed by atoms with Crippen molar-refractivity contribution in [1.29, 1.82) is 0 Å². The second kappa shape index (κ2) is 5.50. The smallest absolute Gasteiger partial charge is 0.411 e. The molecular formula is C14H26N2O4. The Morgan fingerprint density at radius 1 is 1.50 bits per heavy atom. The normalized spacial score (nSPS) is 33.4. The fourth-order valence-electron chi connectivity index (χ4n) is 3.32. The quantitative estimate of drug-likeness (QED) is 0.800. The molecule has 1 amide bonds. The van der Waals surface area contributed by atoms with Crippen molar-refractivity contribution in [1.82, 2.24) is 10.2 Å². The summed E-state index contributed by atoms with van der Waals surface area (Å²) in [7, 11) is 1.65. The summed E-state index contributed by atoms with van der Waals surface area (Å²) in [6.45, 7) is 6.72. The summed E-state index contributed by atoms with van der Waals surface area (Å²) in [5.41, 5.74) is -0.877. The van der Waals surface area contributed by atoms with E-state index in [0.29, 0.717) is 13.2 Å². The van der Waals surface area contributed by atoms with E-state index in [1.165, 1.54) is 0 Å². The minimum atomic E-state index is -0.523. The number of carbonyl (C=O) groups excluding carboxylic acids is 1. The van der Waals surface area contributed by atoms with E-state index in [9.17, 15) is 9.90 Å². The van der Waals surface area contributed by atoms with Crippen LogP contribution in [0.1, 0.15) is 33.6 Å². The molecule has 0 radical (unpaired) electrons. The maximum Gasteiger partial charge on any atom is 0.411 e. The maximum atomic E-state index is 12.6. The number of hydrogen-bond acceptors (Lipinski definition) is 5. The topological polar surface area (TPSA) is 71.0 Å². The zero-order chi connectivity index (χ0) is 15.0. The molecule has 0 unspecified atom stereocenters. The van der Waals surface area contributed by atoms with Crippen LogP contribution in [-0.4, -0.2) is 66.2 Å². The molecule has 0 aliphatic carbocycles. The van der Waals surface area contributed by atoms with Gasteiger partial charge in [-0.25, -0.2) is 4.79 Å².